The number of hydrogen-bond acceptors (Lipinski definition) is 8. The van der Waals surface area contributed by atoms with Gasteiger partial charge in [-0.25, -0.2) is 9.79 Å². The molecule has 39 heavy (non-hydrogen) atoms. The topological polar surface area (TPSA) is 88.4 Å². The fourth-order valence-electron chi connectivity index (χ4n) is 4.14. The molecule has 0 N–H and O–H groups in total. The zero-order valence-corrected chi connectivity index (χ0v) is 22.7. The molecule has 1 atom stereocenters. The van der Waals surface area contributed by atoms with E-state index in [0.717, 1.165) is 15.9 Å². The molecule has 3 aromatic rings. The first-order valence-corrected chi connectivity index (χ1v) is 12.6. The number of allylic oxidation sites excluding steroid dienone is 1. The second-order valence-corrected chi connectivity index (χ2v) is 9.52. The maximum Gasteiger partial charge on any atom is 0.434 e. The van der Waals surface area contributed by atoms with Crippen LogP contribution in [0.2, 0.25) is 5.02 Å². The molecule has 0 amide bonds. The fraction of sp³-hybridized carbons (Fsp3) is 0.269. The van der Waals surface area contributed by atoms with Gasteiger partial charge in [0.05, 0.1) is 44.1 Å². The summed E-state index contributed by atoms with van der Waals surface area (Å²) in [7, 11) is 4.29. The first-order valence-electron chi connectivity index (χ1n) is 11.4. The first kappa shape index (κ1) is 28.2. The third kappa shape index (κ3) is 5.39. The first-order chi connectivity index (χ1) is 18.5. The van der Waals surface area contributed by atoms with Crippen LogP contribution >= 0.6 is 22.9 Å². The van der Waals surface area contributed by atoms with Crippen molar-refractivity contribution in [2.45, 2.75) is 19.1 Å². The van der Waals surface area contributed by atoms with E-state index in [9.17, 15) is 22.8 Å². The third-order valence-electron chi connectivity index (χ3n) is 5.77. The minimum Gasteiger partial charge on any atom is -0.493 e. The predicted molar refractivity (Wildman–Crippen MR) is 138 cm³/mol. The molecule has 0 spiro atoms. The Morgan fingerprint density at radius 3 is 2.23 bits per heavy atom. The number of halogens is 4. The van der Waals surface area contributed by atoms with E-state index in [4.69, 9.17) is 30.5 Å². The number of thiazole rings is 1. The highest BCUT2D eigenvalue weighted by Gasteiger charge is 2.45. The second kappa shape index (κ2) is 11.1. The summed E-state index contributed by atoms with van der Waals surface area (Å²) in [6.45, 7) is 1.29. The lowest BCUT2D eigenvalue weighted by Crippen LogP contribution is -2.41. The summed E-state index contributed by atoms with van der Waals surface area (Å²) < 4.78 is 64.8. The molecular weight excluding hydrogens is 561 g/mol. The molecule has 0 saturated heterocycles. The average Bonchev–Trinajstić information content (AvgIpc) is 3.21. The molecule has 0 aliphatic carbocycles. The second-order valence-electron chi connectivity index (χ2n) is 8.07. The van der Waals surface area contributed by atoms with Crippen molar-refractivity contribution in [3.63, 3.8) is 0 Å². The smallest absolute Gasteiger partial charge is 0.434 e. The summed E-state index contributed by atoms with van der Waals surface area (Å²) in [6, 6.07) is 7.51. The lowest BCUT2D eigenvalue weighted by atomic mass is 9.95. The van der Waals surface area contributed by atoms with Gasteiger partial charge in [0.1, 0.15) is 0 Å². The maximum absolute atomic E-state index is 14.2. The van der Waals surface area contributed by atoms with Gasteiger partial charge in [0.25, 0.3) is 5.56 Å². The number of methoxy groups -OCH3 is 3. The zero-order chi connectivity index (χ0) is 28.5. The largest absolute Gasteiger partial charge is 0.493 e. The van der Waals surface area contributed by atoms with E-state index in [-0.39, 0.29) is 21.5 Å². The number of carbonyl (C=O) groups is 1. The van der Waals surface area contributed by atoms with E-state index < -0.39 is 35.0 Å². The number of fused-ring (bicyclic) bond motifs is 1. The molecule has 0 radical (unpaired) electrons. The highest BCUT2D eigenvalue weighted by atomic mass is 35.5. The van der Waals surface area contributed by atoms with Crippen LogP contribution in [0.3, 0.4) is 0 Å². The number of benzene rings is 2. The van der Waals surface area contributed by atoms with Gasteiger partial charge >= 0.3 is 12.1 Å². The predicted octanol–water partition coefficient (Wildman–Crippen LogP) is 4.02. The van der Waals surface area contributed by atoms with Gasteiger partial charge in [-0.3, -0.25) is 9.36 Å². The molecular formula is C26H22ClF3N2O6S. The van der Waals surface area contributed by atoms with Crippen LogP contribution in [0.15, 0.2) is 57.5 Å². The van der Waals surface area contributed by atoms with Gasteiger partial charge in [0.2, 0.25) is 5.75 Å². The quantitative estimate of drug-likeness (QED) is 0.391. The van der Waals surface area contributed by atoms with Crippen molar-refractivity contribution in [3.8, 4) is 17.2 Å². The molecule has 0 fully saturated rings. The molecule has 0 bridgehead atoms. The van der Waals surface area contributed by atoms with Crippen LogP contribution in [-0.2, 0) is 9.53 Å². The molecule has 2 aromatic carbocycles. The van der Waals surface area contributed by atoms with Crippen LogP contribution in [0.1, 0.15) is 24.1 Å². The van der Waals surface area contributed by atoms with Crippen LogP contribution in [0.25, 0.3) is 6.08 Å². The molecule has 0 saturated carbocycles. The van der Waals surface area contributed by atoms with E-state index in [2.05, 4.69) is 4.99 Å². The number of nitrogens with zero attached hydrogens (tertiary/aromatic N) is 2. The van der Waals surface area contributed by atoms with E-state index in [1.807, 2.05) is 0 Å². The van der Waals surface area contributed by atoms with Crippen LogP contribution in [0.4, 0.5) is 13.2 Å². The lowest BCUT2D eigenvalue weighted by Gasteiger charge is -2.26. The number of esters is 1. The Labute approximate surface area is 229 Å². The van der Waals surface area contributed by atoms with Crippen molar-refractivity contribution < 1.29 is 36.9 Å². The summed E-state index contributed by atoms with van der Waals surface area (Å²) in [5, 5.41) is 0.325. The number of ether oxygens (including phenoxy) is 4. The molecule has 206 valence electrons. The monoisotopic (exact) mass is 582 g/mol. The van der Waals surface area contributed by atoms with E-state index in [1.165, 1.54) is 58.6 Å². The Kier molecular flexibility index (Phi) is 8.07. The van der Waals surface area contributed by atoms with E-state index in [0.29, 0.717) is 27.8 Å². The van der Waals surface area contributed by atoms with Crippen molar-refractivity contribution in [2.75, 3.05) is 27.9 Å². The Morgan fingerprint density at radius 1 is 1.10 bits per heavy atom. The molecule has 1 unspecified atom stereocenters. The van der Waals surface area contributed by atoms with Crippen LogP contribution in [0, 0.1) is 0 Å². The number of alkyl halides is 3. The highest BCUT2D eigenvalue weighted by Crippen LogP contribution is 2.39. The minimum atomic E-state index is -5.00. The Bertz CT molecular complexity index is 1600. The molecule has 2 heterocycles. The summed E-state index contributed by atoms with van der Waals surface area (Å²) in [4.78, 5) is 30.1. The standard InChI is InChI=1S/C26H22ClF3N2O6S/c1-5-38-24(34)19-20(14-6-8-15(27)9-7-14)32-23(33)18(39-25(32)31-22(19)26(28,29)30)12-13-10-16(35-2)21(37-4)17(11-13)36-3/h6-12,20H,5H2,1-4H3/b18-12-. The van der Waals surface area contributed by atoms with Gasteiger partial charge in [-0.15, -0.1) is 0 Å². The van der Waals surface area contributed by atoms with Crippen molar-refractivity contribution in [1.82, 2.24) is 4.57 Å². The summed E-state index contributed by atoms with van der Waals surface area (Å²) in [5.41, 5.74) is -2.20. The average molecular weight is 583 g/mol. The normalized spacial score (nSPS) is 15.5. The molecule has 1 aliphatic heterocycles. The lowest BCUT2D eigenvalue weighted by molar-refractivity contribution is -0.140. The molecule has 1 aromatic heterocycles. The van der Waals surface area contributed by atoms with Gasteiger partial charge in [0.15, 0.2) is 22.0 Å². The Balaban J connectivity index is 2.03. The summed E-state index contributed by atoms with van der Waals surface area (Å²) in [6.07, 6.45) is -3.53. The molecule has 1 aliphatic rings. The van der Waals surface area contributed by atoms with E-state index >= 15 is 0 Å². The van der Waals surface area contributed by atoms with Crippen molar-refractivity contribution >= 4 is 35.0 Å². The number of hydrogen-bond donors (Lipinski definition) is 0. The number of carbonyl (C=O) groups excluding carboxylic acids is 1. The van der Waals surface area contributed by atoms with Gasteiger partial charge in [-0.2, -0.15) is 13.2 Å². The Hall–Kier alpha value is -3.77. The van der Waals surface area contributed by atoms with Crippen LogP contribution in [-0.4, -0.2) is 44.6 Å². The third-order valence-corrected chi connectivity index (χ3v) is 7.00. The van der Waals surface area contributed by atoms with Gasteiger partial charge < -0.3 is 18.9 Å². The molecule has 8 nitrogen and oxygen atoms in total. The van der Waals surface area contributed by atoms with Crippen molar-refractivity contribution in [2.24, 2.45) is 4.99 Å². The molecule has 4 rings (SSSR count). The van der Waals surface area contributed by atoms with Crippen molar-refractivity contribution in [1.29, 1.82) is 0 Å². The maximum atomic E-state index is 14.2. The minimum absolute atomic E-state index is 0.0635. The van der Waals surface area contributed by atoms with Gasteiger partial charge in [0, 0.05) is 5.02 Å². The van der Waals surface area contributed by atoms with E-state index in [1.54, 1.807) is 12.1 Å². The highest BCUT2D eigenvalue weighted by molar-refractivity contribution is 7.07. The number of aromatic nitrogens is 1. The Morgan fingerprint density at radius 2 is 1.72 bits per heavy atom. The fourth-order valence-corrected chi connectivity index (χ4v) is 5.26. The van der Waals surface area contributed by atoms with Crippen molar-refractivity contribution in [3.05, 3.63) is 83.5 Å². The SMILES string of the molecule is CCOC(=O)C1=C(C(F)(F)F)N=c2s/c(=C\c3cc(OC)c(OC)c(OC)c3)c(=O)n2C1c1ccc(Cl)cc1. The molecule has 13 heteroatoms. The zero-order valence-electron chi connectivity index (χ0n) is 21.1. The van der Waals surface area contributed by atoms with Gasteiger partial charge in [-0.1, -0.05) is 35.1 Å². The van der Waals surface area contributed by atoms with Gasteiger partial charge in [-0.05, 0) is 48.4 Å². The van der Waals surface area contributed by atoms with Crippen LogP contribution in [0.5, 0.6) is 17.2 Å². The number of rotatable bonds is 7. The summed E-state index contributed by atoms with van der Waals surface area (Å²) in [5.74, 6) is -0.263. The van der Waals surface area contributed by atoms with Crippen LogP contribution < -0.4 is 29.1 Å². The summed E-state index contributed by atoms with van der Waals surface area (Å²) >= 11 is 6.74.